The molecule has 1 aromatic heterocycles. The Morgan fingerprint density at radius 1 is 1.53 bits per heavy atom. The van der Waals surface area contributed by atoms with Gasteiger partial charge in [0.05, 0.1) is 0 Å². The molecule has 0 aliphatic heterocycles. The van der Waals surface area contributed by atoms with Crippen molar-refractivity contribution in [3.8, 4) is 5.88 Å². The summed E-state index contributed by atoms with van der Waals surface area (Å²) in [5.41, 5.74) is 6.62. The number of nitrogens with two attached hydrogens (primary N) is 1. The number of thioether (sulfide) groups is 1. The smallest absolute Gasteiger partial charge is 0.249 e. The van der Waals surface area contributed by atoms with Crippen LogP contribution < -0.4 is 10.5 Å². The standard InChI is InChI=1S/C12H13N3O2S2/c1-19-10-4-2-3-8(12(13)16)9(10)7-17-11-5-6-15(18)14-11/h2-6,18H,7H2,1H3,(H2,13,16). The van der Waals surface area contributed by atoms with E-state index in [4.69, 9.17) is 10.5 Å². The van der Waals surface area contributed by atoms with E-state index in [0.29, 0.717) is 11.4 Å². The lowest BCUT2D eigenvalue weighted by atomic mass is 10.1. The number of nitrogens with zero attached hydrogens (tertiary/aromatic N) is 2. The second kappa shape index (κ2) is 6.03. The number of aromatic nitrogens is 2. The van der Waals surface area contributed by atoms with E-state index in [9.17, 15) is 4.79 Å². The van der Waals surface area contributed by atoms with Crippen LogP contribution in [0.3, 0.4) is 0 Å². The third kappa shape index (κ3) is 3.24. The predicted octanol–water partition coefficient (Wildman–Crippen LogP) is 1.98. The van der Waals surface area contributed by atoms with E-state index in [2.05, 4.69) is 17.9 Å². The second-order valence-electron chi connectivity index (χ2n) is 3.71. The molecular formula is C12H13N3O2S2. The molecule has 0 aliphatic rings. The van der Waals surface area contributed by atoms with E-state index in [1.807, 2.05) is 12.3 Å². The molecule has 0 spiro atoms. The average molecular weight is 295 g/mol. The molecule has 19 heavy (non-hydrogen) atoms. The Bertz CT molecular complexity index is 598. The first-order chi connectivity index (χ1) is 9.11. The number of benzene rings is 1. The minimum absolute atomic E-state index is 0.236. The highest BCUT2D eigenvalue weighted by Crippen LogP contribution is 2.24. The molecule has 2 aromatic rings. The SMILES string of the molecule is CSc1cccc(C(N)=O)c1COc1ccn(S)n1. The van der Waals surface area contributed by atoms with Gasteiger partial charge in [-0.05, 0) is 31.2 Å². The number of rotatable bonds is 5. The van der Waals surface area contributed by atoms with Gasteiger partial charge in [-0.25, -0.2) is 4.09 Å². The Morgan fingerprint density at radius 3 is 2.89 bits per heavy atom. The third-order valence-electron chi connectivity index (χ3n) is 2.53. The third-order valence-corrected chi connectivity index (χ3v) is 3.58. The van der Waals surface area contributed by atoms with Gasteiger partial charge in [0.25, 0.3) is 0 Å². The van der Waals surface area contributed by atoms with Crippen LogP contribution in [-0.4, -0.2) is 21.3 Å². The summed E-state index contributed by atoms with van der Waals surface area (Å²) in [5.74, 6) is -0.0180. The maximum atomic E-state index is 11.4. The lowest BCUT2D eigenvalue weighted by Crippen LogP contribution is -2.15. The maximum Gasteiger partial charge on any atom is 0.249 e. The van der Waals surface area contributed by atoms with Gasteiger partial charge in [0, 0.05) is 28.3 Å². The summed E-state index contributed by atoms with van der Waals surface area (Å²) in [6.45, 7) is 0.236. The molecule has 1 amide bonds. The van der Waals surface area contributed by atoms with Crippen molar-refractivity contribution in [3.05, 3.63) is 41.6 Å². The van der Waals surface area contributed by atoms with Gasteiger partial charge in [0.1, 0.15) is 6.61 Å². The van der Waals surface area contributed by atoms with Crippen LogP contribution in [0.15, 0.2) is 35.4 Å². The van der Waals surface area contributed by atoms with Gasteiger partial charge in [-0.1, -0.05) is 6.07 Å². The van der Waals surface area contributed by atoms with Gasteiger partial charge >= 0.3 is 0 Å². The summed E-state index contributed by atoms with van der Waals surface area (Å²) in [6.07, 6.45) is 3.60. The van der Waals surface area contributed by atoms with Gasteiger partial charge in [0.2, 0.25) is 11.8 Å². The highest BCUT2D eigenvalue weighted by molar-refractivity contribution is 7.98. The van der Waals surface area contributed by atoms with Crippen LogP contribution in [0.1, 0.15) is 15.9 Å². The first-order valence-electron chi connectivity index (χ1n) is 5.45. The summed E-state index contributed by atoms with van der Waals surface area (Å²) in [7, 11) is 0. The summed E-state index contributed by atoms with van der Waals surface area (Å²) in [4.78, 5) is 12.4. The minimum Gasteiger partial charge on any atom is -0.472 e. The van der Waals surface area contributed by atoms with Gasteiger partial charge in [-0.15, -0.1) is 16.9 Å². The highest BCUT2D eigenvalue weighted by atomic mass is 32.2. The van der Waals surface area contributed by atoms with E-state index >= 15 is 0 Å². The molecule has 1 aromatic carbocycles. The predicted molar refractivity (Wildman–Crippen MR) is 77.7 cm³/mol. The molecule has 0 saturated heterocycles. The Balaban J connectivity index is 2.25. The Hall–Kier alpha value is -1.60. The molecular weight excluding hydrogens is 282 g/mol. The zero-order valence-electron chi connectivity index (χ0n) is 10.2. The molecule has 0 saturated carbocycles. The average Bonchev–Trinajstić information content (AvgIpc) is 2.81. The summed E-state index contributed by atoms with van der Waals surface area (Å²) in [6, 6.07) is 7.11. The van der Waals surface area contributed by atoms with E-state index in [1.165, 1.54) is 15.8 Å². The summed E-state index contributed by atoms with van der Waals surface area (Å²) >= 11 is 5.56. The fourth-order valence-corrected chi connectivity index (χ4v) is 2.44. The zero-order chi connectivity index (χ0) is 13.8. The number of hydrogen-bond acceptors (Lipinski definition) is 5. The van der Waals surface area contributed by atoms with Crippen molar-refractivity contribution in [1.29, 1.82) is 0 Å². The normalized spacial score (nSPS) is 10.4. The number of primary amides is 1. The van der Waals surface area contributed by atoms with Crippen LogP contribution in [0.2, 0.25) is 0 Å². The van der Waals surface area contributed by atoms with Crippen molar-refractivity contribution >= 4 is 30.5 Å². The molecule has 0 bridgehead atoms. The van der Waals surface area contributed by atoms with Crippen LogP contribution in [0, 0.1) is 0 Å². The Labute approximate surface area is 120 Å². The van der Waals surface area contributed by atoms with Gasteiger partial charge in [-0.3, -0.25) is 4.79 Å². The lowest BCUT2D eigenvalue weighted by molar-refractivity contribution is 0.0997. The highest BCUT2D eigenvalue weighted by Gasteiger charge is 2.13. The molecule has 100 valence electrons. The van der Waals surface area contributed by atoms with Crippen molar-refractivity contribution in [2.45, 2.75) is 11.5 Å². The quantitative estimate of drug-likeness (QED) is 0.653. The molecule has 2 rings (SSSR count). The molecule has 2 N–H and O–H groups in total. The fraction of sp³-hybridized carbons (Fsp3) is 0.167. The molecule has 1 heterocycles. The number of hydrogen-bond donors (Lipinski definition) is 2. The monoisotopic (exact) mass is 295 g/mol. The molecule has 0 unspecified atom stereocenters. The topological polar surface area (TPSA) is 70.1 Å². The Kier molecular flexibility index (Phi) is 4.39. The molecule has 0 aliphatic carbocycles. The summed E-state index contributed by atoms with van der Waals surface area (Å²) in [5, 5.41) is 3.99. The number of amides is 1. The summed E-state index contributed by atoms with van der Waals surface area (Å²) < 4.78 is 6.90. The van der Waals surface area contributed by atoms with Crippen LogP contribution in [0.4, 0.5) is 0 Å². The minimum atomic E-state index is -0.464. The molecule has 7 heteroatoms. The van der Waals surface area contributed by atoms with E-state index < -0.39 is 5.91 Å². The van der Waals surface area contributed by atoms with Gasteiger partial charge < -0.3 is 10.5 Å². The van der Waals surface area contributed by atoms with Gasteiger partial charge in [-0.2, -0.15) is 0 Å². The molecule has 0 radical (unpaired) electrons. The van der Waals surface area contributed by atoms with E-state index in [1.54, 1.807) is 24.4 Å². The molecule has 0 fully saturated rings. The molecule has 5 nitrogen and oxygen atoms in total. The van der Waals surface area contributed by atoms with Crippen LogP contribution in [0.25, 0.3) is 0 Å². The van der Waals surface area contributed by atoms with Crippen LogP contribution >= 0.6 is 24.6 Å². The van der Waals surface area contributed by atoms with Gasteiger partial charge in [0.15, 0.2) is 0 Å². The first kappa shape index (κ1) is 13.8. The second-order valence-corrected chi connectivity index (χ2v) is 4.97. The van der Waals surface area contributed by atoms with Crippen molar-refractivity contribution in [2.24, 2.45) is 5.73 Å². The first-order valence-corrected chi connectivity index (χ1v) is 7.07. The van der Waals surface area contributed by atoms with Crippen molar-refractivity contribution in [2.75, 3.05) is 6.26 Å². The number of carbonyl (C=O) groups is 1. The number of carbonyl (C=O) groups excluding carboxylic acids is 1. The van der Waals surface area contributed by atoms with Crippen molar-refractivity contribution in [3.63, 3.8) is 0 Å². The van der Waals surface area contributed by atoms with Crippen LogP contribution in [-0.2, 0) is 6.61 Å². The fourth-order valence-electron chi connectivity index (χ4n) is 1.66. The van der Waals surface area contributed by atoms with Crippen LogP contribution in [0.5, 0.6) is 5.88 Å². The molecule has 0 atom stereocenters. The maximum absolute atomic E-state index is 11.4. The van der Waals surface area contributed by atoms with Crippen molar-refractivity contribution in [1.82, 2.24) is 9.19 Å². The number of thiol groups is 1. The Morgan fingerprint density at radius 2 is 2.32 bits per heavy atom. The zero-order valence-corrected chi connectivity index (χ0v) is 11.9. The lowest BCUT2D eigenvalue weighted by Gasteiger charge is -2.11. The van der Waals surface area contributed by atoms with E-state index in [-0.39, 0.29) is 6.61 Å². The largest absolute Gasteiger partial charge is 0.472 e. The van der Waals surface area contributed by atoms with Crippen molar-refractivity contribution < 1.29 is 9.53 Å². The van der Waals surface area contributed by atoms with E-state index in [0.717, 1.165) is 10.5 Å². The number of ether oxygens (including phenoxy) is 1.